The summed E-state index contributed by atoms with van der Waals surface area (Å²) in [6, 6.07) is 8.16. The van der Waals surface area contributed by atoms with Gasteiger partial charge in [0, 0.05) is 18.8 Å². The Balaban J connectivity index is 2.02. The number of hydrogen-bond acceptors (Lipinski definition) is 2. The Bertz CT molecular complexity index is 344. The van der Waals surface area contributed by atoms with Gasteiger partial charge in [-0.3, -0.25) is 4.90 Å². The zero-order valence-electron chi connectivity index (χ0n) is 9.66. The molecule has 2 nitrogen and oxygen atoms in total. The van der Waals surface area contributed by atoms with E-state index in [1.807, 2.05) is 12.1 Å². The zero-order valence-corrected chi connectivity index (χ0v) is 9.66. The van der Waals surface area contributed by atoms with Crippen LogP contribution >= 0.6 is 0 Å². The van der Waals surface area contributed by atoms with Gasteiger partial charge in [-0.1, -0.05) is 32.0 Å². The average Bonchev–Trinajstić information content (AvgIpc) is 2.50. The van der Waals surface area contributed by atoms with Gasteiger partial charge in [0.2, 0.25) is 0 Å². The second-order valence-electron chi connectivity index (χ2n) is 5.32. The van der Waals surface area contributed by atoms with Gasteiger partial charge in [-0.25, -0.2) is 0 Å². The summed E-state index contributed by atoms with van der Waals surface area (Å²) in [5.74, 6) is 0. The molecular weight excluding hydrogens is 184 g/mol. The minimum absolute atomic E-state index is 0.476. The number of rotatable bonds is 2. The molecule has 1 aromatic carbocycles. The Labute approximate surface area is 92.1 Å². The summed E-state index contributed by atoms with van der Waals surface area (Å²) in [4.78, 5) is 2.49. The van der Waals surface area contributed by atoms with Crippen LogP contribution in [0.25, 0.3) is 0 Å². The van der Waals surface area contributed by atoms with E-state index in [1.165, 1.54) is 25.1 Å². The van der Waals surface area contributed by atoms with Gasteiger partial charge in [0.15, 0.2) is 0 Å². The molecule has 0 unspecified atom stereocenters. The summed E-state index contributed by atoms with van der Waals surface area (Å²) in [5, 5.41) is 0. The summed E-state index contributed by atoms with van der Waals surface area (Å²) in [6.45, 7) is 8.04. The zero-order chi connectivity index (χ0) is 10.9. The standard InChI is InChI=1S/C13H20N2/c1-13(2)7-8-15(10-13)9-11-5-3-4-6-12(11)14/h3-6H,7-10,14H2,1-2H3. The van der Waals surface area contributed by atoms with Crippen molar-refractivity contribution in [2.45, 2.75) is 26.8 Å². The van der Waals surface area contributed by atoms with Crippen molar-refractivity contribution in [2.24, 2.45) is 5.41 Å². The molecule has 2 N–H and O–H groups in total. The van der Waals surface area contributed by atoms with E-state index >= 15 is 0 Å². The maximum atomic E-state index is 5.94. The number of nitrogens with two attached hydrogens (primary N) is 1. The van der Waals surface area contributed by atoms with E-state index < -0.39 is 0 Å². The first-order valence-corrected chi connectivity index (χ1v) is 5.63. The third-order valence-corrected chi connectivity index (χ3v) is 3.21. The summed E-state index contributed by atoms with van der Waals surface area (Å²) in [7, 11) is 0. The van der Waals surface area contributed by atoms with Crippen molar-refractivity contribution in [3.63, 3.8) is 0 Å². The van der Waals surface area contributed by atoms with E-state index in [9.17, 15) is 0 Å². The first kappa shape index (κ1) is 10.5. The third-order valence-electron chi connectivity index (χ3n) is 3.21. The number of nitrogens with zero attached hydrogens (tertiary/aromatic N) is 1. The largest absolute Gasteiger partial charge is 0.398 e. The van der Waals surface area contributed by atoms with Crippen molar-refractivity contribution in [1.29, 1.82) is 0 Å². The fourth-order valence-corrected chi connectivity index (χ4v) is 2.28. The fraction of sp³-hybridized carbons (Fsp3) is 0.538. The van der Waals surface area contributed by atoms with Crippen LogP contribution in [-0.4, -0.2) is 18.0 Å². The predicted octanol–water partition coefficient (Wildman–Crippen LogP) is 2.50. The van der Waals surface area contributed by atoms with E-state index in [1.54, 1.807) is 0 Å². The first-order chi connectivity index (χ1) is 7.07. The summed E-state index contributed by atoms with van der Waals surface area (Å²) in [6.07, 6.45) is 1.29. The van der Waals surface area contributed by atoms with Gasteiger partial charge in [-0.15, -0.1) is 0 Å². The molecule has 1 aromatic rings. The van der Waals surface area contributed by atoms with E-state index in [4.69, 9.17) is 5.73 Å². The molecule has 0 aromatic heterocycles. The van der Waals surface area contributed by atoms with Crippen molar-refractivity contribution in [3.8, 4) is 0 Å². The van der Waals surface area contributed by atoms with Crippen molar-refractivity contribution < 1.29 is 0 Å². The molecule has 2 rings (SSSR count). The number of para-hydroxylation sites is 1. The monoisotopic (exact) mass is 204 g/mol. The Morgan fingerprint density at radius 2 is 2.07 bits per heavy atom. The van der Waals surface area contributed by atoms with Gasteiger partial charge < -0.3 is 5.73 Å². The molecule has 0 saturated carbocycles. The van der Waals surface area contributed by atoms with Gasteiger partial charge >= 0.3 is 0 Å². The van der Waals surface area contributed by atoms with Crippen LogP contribution in [0.15, 0.2) is 24.3 Å². The predicted molar refractivity (Wildman–Crippen MR) is 64.5 cm³/mol. The van der Waals surface area contributed by atoms with Gasteiger partial charge in [-0.05, 0) is 30.0 Å². The molecule has 82 valence electrons. The molecule has 1 aliphatic heterocycles. The lowest BCUT2D eigenvalue weighted by molar-refractivity contribution is 0.285. The normalized spacial score (nSPS) is 20.7. The number of nitrogen functional groups attached to an aromatic ring is 1. The molecule has 0 bridgehead atoms. The molecule has 1 saturated heterocycles. The minimum atomic E-state index is 0.476. The summed E-state index contributed by atoms with van der Waals surface area (Å²) < 4.78 is 0. The number of anilines is 1. The van der Waals surface area contributed by atoms with Crippen LogP contribution in [0.3, 0.4) is 0 Å². The van der Waals surface area contributed by atoms with Crippen LogP contribution in [0.5, 0.6) is 0 Å². The smallest absolute Gasteiger partial charge is 0.0359 e. The van der Waals surface area contributed by atoms with Crippen molar-refractivity contribution >= 4 is 5.69 Å². The highest BCUT2D eigenvalue weighted by atomic mass is 15.2. The Kier molecular flexibility index (Phi) is 2.70. The Morgan fingerprint density at radius 1 is 1.33 bits per heavy atom. The lowest BCUT2D eigenvalue weighted by Gasteiger charge is -2.20. The fourth-order valence-electron chi connectivity index (χ4n) is 2.28. The van der Waals surface area contributed by atoms with Crippen molar-refractivity contribution in [3.05, 3.63) is 29.8 Å². The van der Waals surface area contributed by atoms with Crippen LogP contribution in [0.1, 0.15) is 25.8 Å². The highest BCUT2D eigenvalue weighted by Crippen LogP contribution is 2.30. The summed E-state index contributed by atoms with van der Waals surface area (Å²) >= 11 is 0. The number of likely N-dealkylation sites (tertiary alicyclic amines) is 1. The molecular formula is C13H20N2. The highest BCUT2D eigenvalue weighted by molar-refractivity contribution is 5.46. The van der Waals surface area contributed by atoms with Crippen molar-refractivity contribution in [2.75, 3.05) is 18.8 Å². The summed E-state index contributed by atoms with van der Waals surface area (Å²) in [5.41, 5.74) is 8.59. The molecule has 1 heterocycles. The van der Waals surface area contributed by atoms with Crippen molar-refractivity contribution in [1.82, 2.24) is 4.90 Å². The molecule has 2 heteroatoms. The molecule has 0 amide bonds. The van der Waals surface area contributed by atoms with Crippen LogP contribution in [0, 0.1) is 5.41 Å². The van der Waals surface area contributed by atoms with Gasteiger partial charge in [0.05, 0.1) is 0 Å². The van der Waals surface area contributed by atoms with E-state index in [2.05, 4.69) is 30.9 Å². The van der Waals surface area contributed by atoms with E-state index in [-0.39, 0.29) is 0 Å². The molecule has 15 heavy (non-hydrogen) atoms. The lowest BCUT2D eigenvalue weighted by Crippen LogP contribution is -2.23. The SMILES string of the molecule is CC1(C)CCN(Cc2ccccc2N)C1. The van der Waals surface area contributed by atoms with Gasteiger partial charge in [0.25, 0.3) is 0 Å². The average molecular weight is 204 g/mol. The first-order valence-electron chi connectivity index (χ1n) is 5.63. The Hall–Kier alpha value is -1.02. The van der Waals surface area contributed by atoms with Crippen LogP contribution in [0.2, 0.25) is 0 Å². The van der Waals surface area contributed by atoms with Crippen LogP contribution < -0.4 is 5.73 Å². The van der Waals surface area contributed by atoms with Gasteiger partial charge in [0.1, 0.15) is 0 Å². The number of benzene rings is 1. The molecule has 0 radical (unpaired) electrons. The Morgan fingerprint density at radius 3 is 2.67 bits per heavy atom. The van der Waals surface area contributed by atoms with Crippen LogP contribution in [-0.2, 0) is 6.54 Å². The third kappa shape index (κ3) is 2.51. The molecule has 0 atom stereocenters. The minimum Gasteiger partial charge on any atom is -0.398 e. The molecule has 1 fully saturated rings. The lowest BCUT2D eigenvalue weighted by atomic mass is 9.93. The highest BCUT2D eigenvalue weighted by Gasteiger charge is 2.28. The molecule has 0 spiro atoms. The quantitative estimate of drug-likeness (QED) is 0.750. The molecule has 0 aliphatic carbocycles. The number of hydrogen-bond donors (Lipinski definition) is 1. The van der Waals surface area contributed by atoms with E-state index in [0.717, 1.165) is 12.2 Å². The van der Waals surface area contributed by atoms with Gasteiger partial charge in [-0.2, -0.15) is 0 Å². The maximum Gasteiger partial charge on any atom is 0.0359 e. The van der Waals surface area contributed by atoms with E-state index in [0.29, 0.717) is 5.41 Å². The molecule has 1 aliphatic rings. The van der Waals surface area contributed by atoms with Crippen LogP contribution in [0.4, 0.5) is 5.69 Å². The second-order valence-corrected chi connectivity index (χ2v) is 5.32. The second kappa shape index (κ2) is 3.86. The maximum absolute atomic E-state index is 5.94. The topological polar surface area (TPSA) is 29.3 Å².